The highest BCUT2D eigenvalue weighted by molar-refractivity contribution is 7.64. The molecule has 2 rings (SSSR count). The predicted molar refractivity (Wildman–Crippen MR) is 62.2 cm³/mol. The lowest BCUT2D eigenvalue weighted by Crippen LogP contribution is -2.04. The minimum absolute atomic E-state index is 0.0380. The fraction of sp³-hybridized carbons (Fsp3) is 0.333. The van der Waals surface area contributed by atoms with E-state index in [1.165, 1.54) is 16.7 Å². The van der Waals surface area contributed by atoms with E-state index in [1.807, 2.05) is 0 Å². The van der Waals surface area contributed by atoms with E-state index in [1.54, 1.807) is 5.30 Å². The van der Waals surface area contributed by atoms with Gasteiger partial charge < -0.3 is 0 Å². The van der Waals surface area contributed by atoms with Crippen LogP contribution in [-0.2, 0) is 6.42 Å². The van der Waals surface area contributed by atoms with E-state index in [4.69, 9.17) is 0 Å². The maximum atomic E-state index is 2.35. The normalized spacial score (nSPS) is 14.6. The first kappa shape index (κ1) is 8.97. The van der Waals surface area contributed by atoms with E-state index >= 15 is 0 Å². The van der Waals surface area contributed by atoms with Gasteiger partial charge in [0.15, 0.2) is 0 Å². The Labute approximate surface area is 81.4 Å². The monoisotopic (exact) mass is 190 g/mol. The van der Waals surface area contributed by atoms with Gasteiger partial charge in [-0.25, -0.2) is 0 Å². The fourth-order valence-corrected chi connectivity index (χ4v) is 2.98. The molecule has 0 bridgehead atoms. The Kier molecular flexibility index (Phi) is 2.26. The van der Waals surface area contributed by atoms with Crippen molar-refractivity contribution in [3.05, 3.63) is 34.9 Å². The van der Waals surface area contributed by atoms with Crippen LogP contribution in [0.4, 0.5) is 0 Å². The smallest absolute Gasteiger partial charge is 0.00604 e. The molecule has 1 aliphatic rings. The number of hydrogen-bond acceptors (Lipinski definition) is 0. The van der Waals surface area contributed by atoms with Crippen molar-refractivity contribution in [2.75, 3.05) is 13.3 Å². The number of benzene rings is 1. The summed E-state index contributed by atoms with van der Waals surface area (Å²) in [6, 6.07) is 6.73. The zero-order chi connectivity index (χ0) is 9.42. The zero-order valence-electron chi connectivity index (χ0n) is 8.46. The van der Waals surface area contributed by atoms with E-state index in [-0.39, 0.29) is 7.92 Å². The van der Waals surface area contributed by atoms with Gasteiger partial charge in [0.2, 0.25) is 0 Å². The van der Waals surface area contributed by atoms with Crippen molar-refractivity contribution in [1.29, 1.82) is 0 Å². The summed E-state index contributed by atoms with van der Waals surface area (Å²) in [6.07, 6.45) is 3.51. The number of allylic oxidation sites excluding steroid dienone is 1. The average Bonchev–Trinajstić information content (AvgIpc) is 2.43. The largest absolute Gasteiger partial charge is 0.0810 e. The molecule has 0 aromatic heterocycles. The molecule has 0 N–H and O–H groups in total. The lowest BCUT2D eigenvalue weighted by Gasteiger charge is -2.10. The Bertz CT molecular complexity index is 361. The van der Waals surface area contributed by atoms with Gasteiger partial charge in [0.05, 0.1) is 0 Å². The SMILES string of the molecule is CC1=Cc2c(cccc2P(C)C)C1. The molecule has 0 spiro atoms. The number of hydrogen-bond donors (Lipinski definition) is 0. The van der Waals surface area contributed by atoms with Crippen LogP contribution in [0.1, 0.15) is 18.1 Å². The first-order chi connectivity index (χ1) is 6.18. The van der Waals surface area contributed by atoms with Gasteiger partial charge in [0.25, 0.3) is 0 Å². The van der Waals surface area contributed by atoms with Crippen LogP contribution in [0.5, 0.6) is 0 Å². The highest BCUT2D eigenvalue weighted by Crippen LogP contribution is 2.32. The summed E-state index contributed by atoms with van der Waals surface area (Å²) in [7, 11) is 0.0380. The van der Waals surface area contributed by atoms with Crippen LogP contribution in [0.2, 0.25) is 0 Å². The fourth-order valence-electron chi connectivity index (χ4n) is 1.91. The molecule has 0 nitrogen and oxygen atoms in total. The molecule has 0 aliphatic heterocycles. The summed E-state index contributed by atoms with van der Waals surface area (Å²) in [6.45, 7) is 6.87. The van der Waals surface area contributed by atoms with Crippen LogP contribution in [0.15, 0.2) is 23.8 Å². The molecular formula is C12H15P. The molecule has 13 heavy (non-hydrogen) atoms. The minimum Gasteiger partial charge on any atom is -0.0810 e. The third-order valence-electron chi connectivity index (χ3n) is 2.52. The maximum absolute atomic E-state index is 2.35. The van der Waals surface area contributed by atoms with Crippen LogP contribution in [0, 0.1) is 0 Å². The van der Waals surface area contributed by atoms with Crippen molar-refractivity contribution in [3.63, 3.8) is 0 Å². The quantitative estimate of drug-likeness (QED) is 0.597. The minimum atomic E-state index is 0.0380. The molecule has 0 saturated heterocycles. The van der Waals surface area contributed by atoms with Crippen molar-refractivity contribution < 1.29 is 0 Å². The lowest BCUT2D eigenvalue weighted by atomic mass is 10.1. The summed E-state index contributed by atoms with van der Waals surface area (Å²) in [4.78, 5) is 0. The molecule has 0 unspecified atom stereocenters. The van der Waals surface area contributed by atoms with Gasteiger partial charge in [-0.15, -0.1) is 0 Å². The van der Waals surface area contributed by atoms with Crippen molar-refractivity contribution in [3.8, 4) is 0 Å². The van der Waals surface area contributed by atoms with Crippen molar-refractivity contribution in [2.24, 2.45) is 0 Å². The van der Waals surface area contributed by atoms with Crippen LogP contribution < -0.4 is 5.30 Å². The molecule has 0 heterocycles. The molecule has 68 valence electrons. The first-order valence-electron chi connectivity index (χ1n) is 4.65. The Morgan fingerprint density at radius 3 is 2.69 bits per heavy atom. The highest BCUT2D eigenvalue weighted by atomic mass is 31.1. The molecule has 0 saturated carbocycles. The summed E-state index contributed by atoms with van der Waals surface area (Å²) in [5.41, 5.74) is 4.53. The van der Waals surface area contributed by atoms with Gasteiger partial charge >= 0.3 is 0 Å². The standard InChI is InChI=1S/C12H15P/c1-9-7-10-5-4-6-12(13(2)3)11(10)8-9/h4-6,8H,7H2,1-3H3. The van der Waals surface area contributed by atoms with Crippen molar-refractivity contribution >= 4 is 19.3 Å². The topological polar surface area (TPSA) is 0 Å². The Balaban J connectivity index is 2.55. The molecule has 0 amide bonds. The Morgan fingerprint density at radius 1 is 1.23 bits per heavy atom. The maximum Gasteiger partial charge on any atom is -0.00604 e. The lowest BCUT2D eigenvalue weighted by molar-refractivity contribution is 1.20. The zero-order valence-corrected chi connectivity index (χ0v) is 9.36. The second-order valence-corrected chi connectivity index (χ2v) is 6.18. The van der Waals surface area contributed by atoms with Crippen LogP contribution in [0.25, 0.3) is 6.08 Å². The van der Waals surface area contributed by atoms with E-state index < -0.39 is 0 Å². The third-order valence-corrected chi connectivity index (χ3v) is 3.87. The van der Waals surface area contributed by atoms with Gasteiger partial charge in [-0.05, 0) is 43.1 Å². The van der Waals surface area contributed by atoms with Gasteiger partial charge in [0, 0.05) is 0 Å². The highest BCUT2D eigenvalue weighted by Gasteiger charge is 2.14. The molecule has 1 aromatic carbocycles. The van der Waals surface area contributed by atoms with Gasteiger partial charge in [-0.2, -0.15) is 0 Å². The number of rotatable bonds is 1. The van der Waals surface area contributed by atoms with E-state index in [2.05, 4.69) is 44.5 Å². The van der Waals surface area contributed by atoms with E-state index in [0.717, 1.165) is 6.42 Å². The van der Waals surface area contributed by atoms with Crippen molar-refractivity contribution in [1.82, 2.24) is 0 Å². The van der Waals surface area contributed by atoms with Crippen LogP contribution in [-0.4, -0.2) is 13.3 Å². The van der Waals surface area contributed by atoms with Gasteiger partial charge in [-0.1, -0.05) is 37.8 Å². The summed E-state index contributed by atoms with van der Waals surface area (Å²) >= 11 is 0. The van der Waals surface area contributed by atoms with Crippen LogP contribution in [0.3, 0.4) is 0 Å². The second kappa shape index (κ2) is 3.27. The molecule has 0 atom stereocenters. The summed E-state index contributed by atoms with van der Waals surface area (Å²) in [5.74, 6) is 0. The van der Waals surface area contributed by atoms with Crippen LogP contribution >= 0.6 is 7.92 Å². The molecule has 1 aliphatic carbocycles. The molecule has 0 fully saturated rings. The predicted octanol–water partition coefficient (Wildman–Crippen LogP) is 3.01. The Hall–Kier alpha value is -0.610. The van der Waals surface area contributed by atoms with Gasteiger partial charge in [0.1, 0.15) is 0 Å². The molecular weight excluding hydrogens is 175 g/mol. The number of fused-ring (bicyclic) bond motifs is 1. The second-order valence-electron chi connectivity index (χ2n) is 3.91. The molecule has 1 heteroatoms. The Morgan fingerprint density at radius 2 is 2.00 bits per heavy atom. The van der Waals surface area contributed by atoms with E-state index in [0.29, 0.717) is 0 Å². The average molecular weight is 190 g/mol. The first-order valence-corrected chi connectivity index (χ1v) is 6.88. The third kappa shape index (κ3) is 1.56. The van der Waals surface area contributed by atoms with Crippen molar-refractivity contribution in [2.45, 2.75) is 13.3 Å². The summed E-state index contributed by atoms with van der Waals surface area (Å²) in [5, 5.41) is 1.56. The summed E-state index contributed by atoms with van der Waals surface area (Å²) < 4.78 is 0. The molecule has 1 aromatic rings. The van der Waals surface area contributed by atoms with E-state index in [9.17, 15) is 0 Å². The van der Waals surface area contributed by atoms with Gasteiger partial charge in [-0.3, -0.25) is 0 Å². The molecule has 0 radical (unpaired) electrons.